The number of carbonyl (C=O) groups is 1. The third kappa shape index (κ3) is 50.2. The van der Waals surface area contributed by atoms with Crippen molar-refractivity contribution < 1.29 is 89.4 Å². The van der Waals surface area contributed by atoms with E-state index in [0.717, 1.165) is 83.5 Å². The number of aliphatic hydroxyl groups excluding tert-OH is 11. The van der Waals surface area contributed by atoms with Crippen LogP contribution in [0.2, 0.25) is 0 Å². The maximum atomic E-state index is 13.6. The predicted molar refractivity (Wildman–Crippen MR) is 452 cm³/mol. The van der Waals surface area contributed by atoms with E-state index in [0.29, 0.717) is 12.8 Å². The molecule has 1 amide bonds. The summed E-state index contributed by atoms with van der Waals surface area (Å²) in [5.41, 5.74) is 0. The average Bonchev–Trinajstić information content (AvgIpc) is 0.780. The van der Waals surface area contributed by atoms with Gasteiger partial charge in [-0.05, 0) is 64.2 Å². The highest BCUT2D eigenvalue weighted by molar-refractivity contribution is 5.76. The molecule has 3 rings (SSSR count). The van der Waals surface area contributed by atoms with E-state index in [1.54, 1.807) is 0 Å². The van der Waals surface area contributed by atoms with E-state index in [2.05, 4.69) is 92.1 Å². The molecule has 0 spiro atoms. The molecule has 17 unspecified atom stereocenters. The number of ether oxygens (including phenoxy) is 6. The van der Waals surface area contributed by atoms with Crippen LogP contribution in [0.4, 0.5) is 0 Å². The molecule has 3 saturated heterocycles. The lowest BCUT2D eigenvalue weighted by molar-refractivity contribution is -0.379. The second-order valence-corrected chi connectivity index (χ2v) is 32.7. The van der Waals surface area contributed by atoms with Crippen molar-refractivity contribution in [3.8, 4) is 0 Å². The number of unbranched alkanes of at least 4 members (excludes halogenated alkanes) is 47. The average molecular weight is 1590 g/mol. The molecule has 0 bridgehead atoms. The molecule has 19 heteroatoms. The van der Waals surface area contributed by atoms with Gasteiger partial charge >= 0.3 is 0 Å². The van der Waals surface area contributed by atoms with Crippen molar-refractivity contribution in [3.63, 3.8) is 0 Å². The van der Waals surface area contributed by atoms with Gasteiger partial charge in [0.25, 0.3) is 0 Å². The van der Waals surface area contributed by atoms with Crippen molar-refractivity contribution in [1.82, 2.24) is 5.32 Å². The Morgan fingerprint density at radius 3 is 0.964 bits per heavy atom. The van der Waals surface area contributed by atoms with Crippen LogP contribution in [0.25, 0.3) is 0 Å². The minimum absolute atomic E-state index is 0.236. The zero-order chi connectivity index (χ0) is 81.0. The Morgan fingerprint density at radius 1 is 0.330 bits per heavy atom. The molecule has 19 nitrogen and oxygen atoms in total. The molecule has 654 valence electrons. The van der Waals surface area contributed by atoms with Gasteiger partial charge in [0.1, 0.15) is 73.2 Å². The molecule has 12 N–H and O–H groups in total. The largest absolute Gasteiger partial charge is 0.394 e. The maximum absolute atomic E-state index is 13.6. The Bertz CT molecular complexity index is 2300. The maximum Gasteiger partial charge on any atom is 0.220 e. The third-order valence-corrected chi connectivity index (χ3v) is 22.8. The number of nitrogens with one attached hydrogen (secondary N) is 1. The minimum Gasteiger partial charge on any atom is -0.394 e. The van der Waals surface area contributed by atoms with Crippen LogP contribution in [0, 0.1) is 0 Å². The van der Waals surface area contributed by atoms with Gasteiger partial charge < -0.3 is 89.9 Å². The first-order chi connectivity index (χ1) is 54.8. The number of rotatable bonds is 75. The molecule has 0 aromatic heterocycles. The lowest BCUT2D eigenvalue weighted by Crippen LogP contribution is -2.66. The first-order valence-corrected chi connectivity index (χ1v) is 46.2. The summed E-state index contributed by atoms with van der Waals surface area (Å²) in [4.78, 5) is 13.6. The van der Waals surface area contributed by atoms with Gasteiger partial charge in [0, 0.05) is 6.42 Å². The third-order valence-electron chi connectivity index (χ3n) is 22.8. The first kappa shape index (κ1) is 103. The number of hydrogen-bond donors (Lipinski definition) is 12. The van der Waals surface area contributed by atoms with Crippen molar-refractivity contribution in [2.45, 2.75) is 484 Å². The van der Waals surface area contributed by atoms with E-state index in [4.69, 9.17) is 28.4 Å². The normalized spacial score (nSPS) is 25.2. The van der Waals surface area contributed by atoms with E-state index in [1.807, 2.05) is 0 Å². The number of hydrogen-bond acceptors (Lipinski definition) is 18. The second-order valence-electron chi connectivity index (χ2n) is 32.7. The van der Waals surface area contributed by atoms with Crippen LogP contribution in [0.5, 0.6) is 0 Å². The standard InChI is InChI=1S/C93H169NO18/c1-3-5-7-9-11-13-15-17-19-21-23-25-27-29-31-33-34-35-36-37-38-39-40-41-42-43-45-47-49-51-53-55-57-59-61-63-65-67-69-71-81(99)94-76(77(98)70-68-66-64-62-60-58-56-54-52-50-48-46-44-32-30-28-26-24-22-20-18-16-14-12-10-8-6-4-2)75-107-91-87(105)84(102)89(79(73-96)109-91)112-93-88(106)85(103)90(80(74-97)110-93)111-92-86(104)83(101)82(100)78(72-95)108-92/h5,7,11,13,17,19,23,25,29,31,34-35,76-80,82-93,95-98,100-106H,3-4,6,8-10,12,14-16,18,20-22,24,26-28,30,32-33,36-75H2,1-2H3,(H,94,99)/b7-5-,13-11-,19-17-,25-23-,31-29-,35-34-. The van der Waals surface area contributed by atoms with Crippen molar-refractivity contribution >= 4 is 5.91 Å². The summed E-state index contributed by atoms with van der Waals surface area (Å²) in [6, 6.07) is -0.890. The fraction of sp³-hybridized carbons (Fsp3) is 0.860. The van der Waals surface area contributed by atoms with Crippen LogP contribution in [-0.4, -0.2) is 193 Å². The van der Waals surface area contributed by atoms with Crippen molar-refractivity contribution in [2.24, 2.45) is 0 Å². The van der Waals surface area contributed by atoms with E-state index < -0.39 is 124 Å². The van der Waals surface area contributed by atoms with Crippen LogP contribution >= 0.6 is 0 Å². The van der Waals surface area contributed by atoms with Crippen molar-refractivity contribution in [1.29, 1.82) is 0 Å². The molecule has 0 aromatic rings. The van der Waals surface area contributed by atoms with Gasteiger partial charge in [0.05, 0.1) is 38.6 Å². The van der Waals surface area contributed by atoms with E-state index in [9.17, 15) is 61.0 Å². The van der Waals surface area contributed by atoms with Gasteiger partial charge in [-0.3, -0.25) is 4.79 Å². The fourth-order valence-electron chi connectivity index (χ4n) is 15.5. The molecule has 17 atom stereocenters. The number of aliphatic hydroxyl groups is 11. The SMILES string of the molecule is CC/C=C\C/C=C\C/C=C\C/C=C\C/C=C\C/C=C\CCCCCCCCCCCCCCCCCCCCCCC(=O)NC(COC1OC(CO)C(OC2OC(CO)C(OC3OC(CO)C(O)C(O)C3O)C(O)C2O)C(O)C1O)C(O)CCCCCCCCCCCCCCCCCCCCCCCCCCCCCC. The molecular weight excluding hydrogens is 1420 g/mol. The summed E-state index contributed by atoms with van der Waals surface area (Å²) in [7, 11) is 0. The molecule has 3 aliphatic heterocycles. The van der Waals surface area contributed by atoms with Gasteiger partial charge in [-0.1, -0.05) is 382 Å². The highest BCUT2D eigenvalue weighted by atomic mass is 16.8. The molecule has 0 saturated carbocycles. The van der Waals surface area contributed by atoms with Crippen LogP contribution < -0.4 is 5.32 Å². The van der Waals surface area contributed by atoms with Gasteiger partial charge in [-0.2, -0.15) is 0 Å². The predicted octanol–water partition coefficient (Wildman–Crippen LogP) is 17.9. The molecule has 0 radical (unpaired) electrons. The van der Waals surface area contributed by atoms with E-state index >= 15 is 0 Å². The van der Waals surface area contributed by atoms with E-state index in [1.165, 1.54) is 263 Å². The van der Waals surface area contributed by atoms with Crippen LogP contribution in [0.3, 0.4) is 0 Å². The lowest BCUT2D eigenvalue weighted by Gasteiger charge is -2.48. The van der Waals surface area contributed by atoms with Crippen LogP contribution in [0.15, 0.2) is 72.9 Å². The van der Waals surface area contributed by atoms with E-state index in [-0.39, 0.29) is 18.9 Å². The quantitative estimate of drug-likeness (QED) is 0.0199. The topological polar surface area (TPSA) is 307 Å². The smallest absolute Gasteiger partial charge is 0.220 e. The molecule has 112 heavy (non-hydrogen) atoms. The summed E-state index contributed by atoms with van der Waals surface area (Å²) >= 11 is 0. The molecule has 3 heterocycles. The van der Waals surface area contributed by atoms with Gasteiger partial charge in [-0.15, -0.1) is 0 Å². The number of amides is 1. The molecule has 0 aliphatic carbocycles. The lowest BCUT2D eigenvalue weighted by atomic mass is 9.96. The number of allylic oxidation sites excluding steroid dienone is 12. The van der Waals surface area contributed by atoms with Crippen LogP contribution in [0.1, 0.15) is 380 Å². The molecule has 3 fully saturated rings. The summed E-state index contributed by atoms with van der Waals surface area (Å²) in [6.45, 7) is 1.75. The molecule has 0 aromatic carbocycles. The Morgan fingerprint density at radius 2 is 0.616 bits per heavy atom. The summed E-state index contributed by atoms with van der Waals surface area (Å²) in [5, 5.41) is 121. The summed E-state index contributed by atoms with van der Waals surface area (Å²) in [6.07, 6.45) is 70.1. The van der Waals surface area contributed by atoms with Crippen molar-refractivity contribution in [3.05, 3.63) is 72.9 Å². The fourth-order valence-corrected chi connectivity index (χ4v) is 15.5. The Kier molecular flexibility index (Phi) is 66.7. The minimum atomic E-state index is -1.97. The Hall–Kier alpha value is -2.77. The van der Waals surface area contributed by atoms with Gasteiger partial charge in [-0.25, -0.2) is 0 Å². The van der Waals surface area contributed by atoms with Gasteiger partial charge in [0.15, 0.2) is 18.9 Å². The van der Waals surface area contributed by atoms with Crippen molar-refractivity contribution in [2.75, 3.05) is 26.4 Å². The van der Waals surface area contributed by atoms with Gasteiger partial charge in [0.2, 0.25) is 5.91 Å². The number of carbonyl (C=O) groups excluding carboxylic acids is 1. The molecule has 3 aliphatic rings. The summed E-state index contributed by atoms with van der Waals surface area (Å²) < 4.78 is 34.6. The Balaban J connectivity index is 1.30. The highest BCUT2D eigenvalue weighted by Gasteiger charge is 2.54. The zero-order valence-electron chi connectivity index (χ0n) is 70.7. The second kappa shape index (κ2) is 72.3. The molecular formula is C93H169NO18. The van der Waals surface area contributed by atoms with Crippen LogP contribution in [-0.2, 0) is 33.2 Å². The monoisotopic (exact) mass is 1590 g/mol. The first-order valence-electron chi connectivity index (χ1n) is 46.2. The Labute approximate surface area is 680 Å². The zero-order valence-corrected chi connectivity index (χ0v) is 70.7. The summed E-state index contributed by atoms with van der Waals surface area (Å²) in [5.74, 6) is -0.236. The highest BCUT2D eigenvalue weighted by Crippen LogP contribution is 2.34.